The van der Waals surface area contributed by atoms with E-state index in [1.54, 1.807) is 0 Å². The van der Waals surface area contributed by atoms with Crippen LogP contribution in [0.3, 0.4) is 0 Å². The molecule has 1 fully saturated rings. The molecule has 96 valence electrons. The minimum atomic E-state index is 0.435. The Morgan fingerprint density at radius 3 is 2.83 bits per heavy atom. The third kappa shape index (κ3) is 1.98. The van der Waals surface area contributed by atoms with Crippen LogP contribution < -0.4 is 5.32 Å². The highest BCUT2D eigenvalue weighted by Gasteiger charge is 2.14. The second-order valence-corrected chi connectivity index (χ2v) is 4.99. The molecule has 1 aliphatic rings. The fraction of sp³-hybridized carbons (Fsp3) is 0.429. The maximum atomic E-state index is 10.4. The van der Waals surface area contributed by atoms with Crippen molar-refractivity contribution in [3.63, 3.8) is 0 Å². The van der Waals surface area contributed by atoms with Crippen molar-refractivity contribution in [2.45, 2.75) is 13.5 Å². The van der Waals surface area contributed by atoms with Crippen molar-refractivity contribution in [3.05, 3.63) is 29.5 Å². The van der Waals surface area contributed by atoms with Gasteiger partial charge in [-0.25, -0.2) is 0 Å². The number of hydrogen-bond acceptors (Lipinski definition) is 3. The maximum Gasteiger partial charge on any atom is 0.129 e. The summed E-state index contributed by atoms with van der Waals surface area (Å²) in [5.74, 6) is 0.435. The second-order valence-electron chi connectivity index (χ2n) is 4.99. The number of rotatable bonds is 2. The first-order valence-electron chi connectivity index (χ1n) is 6.47. The molecule has 0 bridgehead atoms. The number of hydrogen-bond donors (Lipinski definition) is 3. The Kier molecular flexibility index (Phi) is 2.97. The van der Waals surface area contributed by atoms with E-state index in [1.807, 2.05) is 19.2 Å². The smallest absolute Gasteiger partial charge is 0.129 e. The average Bonchev–Trinajstić information content (AvgIpc) is 2.77. The molecule has 4 heteroatoms. The lowest BCUT2D eigenvalue weighted by atomic mass is 10.1. The highest BCUT2D eigenvalue weighted by Crippen LogP contribution is 2.31. The van der Waals surface area contributed by atoms with Crippen LogP contribution in [-0.2, 0) is 6.54 Å². The Labute approximate surface area is 107 Å². The van der Waals surface area contributed by atoms with Gasteiger partial charge in [0.05, 0.1) is 0 Å². The molecule has 4 nitrogen and oxygen atoms in total. The van der Waals surface area contributed by atoms with Gasteiger partial charge in [-0.15, -0.1) is 0 Å². The van der Waals surface area contributed by atoms with Crippen LogP contribution in [0, 0.1) is 6.92 Å². The second kappa shape index (κ2) is 4.63. The molecule has 3 rings (SSSR count). The number of H-pyrrole nitrogens is 1. The number of piperazine rings is 1. The molecule has 0 aliphatic carbocycles. The highest BCUT2D eigenvalue weighted by molar-refractivity contribution is 5.90. The first-order valence-corrected chi connectivity index (χ1v) is 6.47. The Balaban J connectivity index is 1.91. The Morgan fingerprint density at radius 2 is 2.06 bits per heavy atom. The Bertz CT molecular complexity index is 555. The zero-order valence-electron chi connectivity index (χ0n) is 10.7. The predicted octanol–water partition coefficient (Wildman–Crippen LogP) is 1.59. The summed E-state index contributed by atoms with van der Waals surface area (Å²) in [4.78, 5) is 5.55. The summed E-state index contributed by atoms with van der Waals surface area (Å²) in [5, 5.41) is 14.7. The van der Waals surface area contributed by atoms with Gasteiger partial charge in [-0.05, 0) is 18.6 Å². The van der Waals surface area contributed by atoms with Crippen LogP contribution >= 0.6 is 0 Å². The van der Waals surface area contributed by atoms with Crippen LogP contribution in [0.1, 0.15) is 11.1 Å². The molecule has 2 heterocycles. The lowest BCUT2D eigenvalue weighted by Gasteiger charge is -2.27. The summed E-state index contributed by atoms with van der Waals surface area (Å²) >= 11 is 0. The van der Waals surface area contributed by atoms with Gasteiger partial charge in [0, 0.05) is 55.4 Å². The molecule has 2 aromatic rings. The number of fused-ring (bicyclic) bond motifs is 1. The van der Waals surface area contributed by atoms with E-state index >= 15 is 0 Å². The molecule has 0 spiro atoms. The van der Waals surface area contributed by atoms with Gasteiger partial charge in [0.25, 0.3) is 0 Å². The number of aromatic amines is 1. The van der Waals surface area contributed by atoms with Crippen molar-refractivity contribution in [2.75, 3.05) is 26.2 Å². The normalized spacial score (nSPS) is 17.4. The van der Waals surface area contributed by atoms with E-state index in [0.29, 0.717) is 5.75 Å². The van der Waals surface area contributed by atoms with Crippen LogP contribution in [-0.4, -0.2) is 41.2 Å². The van der Waals surface area contributed by atoms with Gasteiger partial charge < -0.3 is 15.4 Å². The molecule has 1 aromatic carbocycles. The summed E-state index contributed by atoms with van der Waals surface area (Å²) in [6.07, 6.45) is 1.94. The summed E-state index contributed by atoms with van der Waals surface area (Å²) in [6, 6.07) is 4.08. The van der Waals surface area contributed by atoms with Crippen molar-refractivity contribution in [3.8, 4) is 5.75 Å². The summed E-state index contributed by atoms with van der Waals surface area (Å²) in [7, 11) is 0. The molecular weight excluding hydrogens is 226 g/mol. The molecule has 0 unspecified atom stereocenters. The monoisotopic (exact) mass is 245 g/mol. The SMILES string of the molecule is Cc1c[nH]c2ccc(CN3CCNCC3)c(O)c12. The zero-order chi connectivity index (χ0) is 12.5. The topological polar surface area (TPSA) is 51.3 Å². The first-order chi connectivity index (χ1) is 8.75. The van der Waals surface area contributed by atoms with Crippen LogP contribution in [0.15, 0.2) is 18.3 Å². The number of nitrogens with zero attached hydrogens (tertiary/aromatic N) is 1. The fourth-order valence-corrected chi connectivity index (χ4v) is 2.65. The number of aromatic nitrogens is 1. The van der Waals surface area contributed by atoms with Crippen LogP contribution in [0.2, 0.25) is 0 Å². The van der Waals surface area contributed by atoms with Crippen molar-refractivity contribution < 1.29 is 5.11 Å². The standard InChI is InChI=1S/C14H19N3O/c1-10-8-16-12-3-2-11(14(18)13(10)12)9-17-6-4-15-5-7-17/h2-3,8,15-16,18H,4-7,9H2,1H3. The van der Waals surface area contributed by atoms with Crippen molar-refractivity contribution in [2.24, 2.45) is 0 Å². The number of phenols is 1. The van der Waals surface area contributed by atoms with E-state index in [0.717, 1.165) is 54.8 Å². The molecule has 3 N–H and O–H groups in total. The lowest BCUT2D eigenvalue weighted by Crippen LogP contribution is -2.42. The Morgan fingerprint density at radius 1 is 1.28 bits per heavy atom. The van der Waals surface area contributed by atoms with E-state index in [9.17, 15) is 5.11 Å². The predicted molar refractivity (Wildman–Crippen MR) is 72.8 cm³/mol. The third-order valence-corrected chi connectivity index (χ3v) is 3.70. The van der Waals surface area contributed by atoms with Gasteiger partial charge in [0.2, 0.25) is 0 Å². The lowest BCUT2D eigenvalue weighted by molar-refractivity contribution is 0.231. The number of benzene rings is 1. The van der Waals surface area contributed by atoms with Gasteiger partial charge >= 0.3 is 0 Å². The van der Waals surface area contributed by atoms with Crippen molar-refractivity contribution in [1.29, 1.82) is 0 Å². The van der Waals surface area contributed by atoms with E-state index in [2.05, 4.69) is 21.3 Å². The number of phenolic OH excluding ortho intramolecular Hbond substituents is 1. The first kappa shape index (κ1) is 11.6. The highest BCUT2D eigenvalue weighted by atomic mass is 16.3. The van der Waals surface area contributed by atoms with Gasteiger partial charge in [0.15, 0.2) is 0 Å². The molecule has 1 aliphatic heterocycles. The molecular formula is C14H19N3O. The molecule has 0 amide bonds. The van der Waals surface area contributed by atoms with Gasteiger partial charge in [0.1, 0.15) is 5.75 Å². The summed E-state index contributed by atoms with van der Waals surface area (Å²) in [6.45, 7) is 7.01. The van der Waals surface area contributed by atoms with E-state index in [1.165, 1.54) is 0 Å². The minimum Gasteiger partial charge on any atom is -0.507 e. The summed E-state index contributed by atoms with van der Waals surface area (Å²) < 4.78 is 0. The van der Waals surface area contributed by atoms with Crippen LogP contribution in [0.4, 0.5) is 0 Å². The van der Waals surface area contributed by atoms with Gasteiger partial charge in [-0.3, -0.25) is 4.90 Å². The van der Waals surface area contributed by atoms with Gasteiger partial charge in [-0.1, -0.05) is 6.07 Å². The van der Waals surface area contributed by atoms with Crippen molar-refractivity contribution >= 4 is 10.9 Å². The molecule has 1 saturated heterocycles. The average molecular weight is 245 g/mol. The molecule has 0 saturated carbocycles. The van der Waals surface area contributed by atoms with E-state index in [-0.39, 0.29) is 0 Å². The van der Waals surface area contributed by atoms with Crippen LogP contribution in [0.5, 0.6) is 5.75 Å². The zero-order valence-corrected chi connectivity index (χ0v) is 10.7. The summed E-state index contributed by atoms with van der Waals surface area (Å²) in [5.41, 5.74) is 3.13. The largest absolute Gasteiger partial charge is 0.507 e. The van der Waals surface area contributed by atoms with Gasteiger partial charge in [-0.2, -0.15) is 0 Å². The van der Waals surface area contributed by atoms with Crippen molar-refractivity contribution in [1.82, 2.24) is 15.2 Å². The van der Waals surface area contributed by atoms with E-state index < -0.39 is 0 Å². The number of nitrogens with one attached hydrogen (secondary N) is 2. The van der Waals surface area contributed by atoms with E-state index in [4.69, 9.17) is 0 Å². The molecule has 18 heavy (non-hydrogen) atoms. The molecule has 0 radical (unpaired) electrons. The quantitative estimate of drug-likeness (QED) is 0.753. The Hall–Kier alpha value is -1.52. The fourth-order valence-electron chi connectivity index (χ4n) is 2.65. The minimum absolute atomic E-state index is 0.435. The molecule has 1 aromatic heterocycles. The number of aromatic hydroxyl groups is 1. The maximum absolute atomic E-state index is 10.4. The third-order valence-electron chi connectivity index (χ3n) is 3.70. The molecule has 0 atom stereocenters. The number of aryl methyl sites for hydroxylation is 1. The van der Waals surface area contributed by atoms with Crippen LogP contribution in [0.25, 0.3) is 10.9 Å².